The number of nitrogens with zero attached hydrogens (tertiary/aromatic N) is 4. The quantitative estimate of drug-likeness (QED) is 0.845. The summed E-state index contributed by atoms with van der Waals surface area (Å²) < 4.78 is 5.27. The SMILES string of the molecule is COc1cc(N2CCCC3(CCN(Cc4ccc(C)cc4)C3)C2)ncn1. The first-order chi connectivity index (χ1) is 12.7. The van der Waals surface area contributed by atoms with E-state index in [4.69, 9.17) is 4.74 Å². The van der Waals surface area contributed by atoms with Gasteiger partial charge in [0.1, 0.15) is 12.1 Å². The Hall–Kier alpha value is -2.14. The summed E-state index contributed by atoms with van der Waals surface area (Å²) in [5, 5.41) is 0. The highest BCUT2D eigenvalue weighted by molar-refractivity contribution is 5.42. The van der Waals surface area contributed by atoms with Gasteiger partial charge in [-0.05, 0) is 38.3 Å². The molecule has 1 aromatic heterocycles. The van der Waals surface area contributed by atoms with Gasteiger partial charge in [-0.1, -0.05) is 29.8 Å². The fraction of sp³-hybridized carbons (Fsp3) is 0.524. The lowest BCUT2D eigenvalue weighted by molar-refractivity contribution is 0.216. The molecule has 0 amide bonds. The first-order valence-corrected chi connectivity index (χ1v) is 9.55. The van der Waals surface area contributed by atoms with E-state index in [9.17, 15) is 0 Å². The van der Waals surface area contributed by atoms with Crippen LogP contribution in [0.1, 0.15) is 30.4 Å². The predicted octanol–water partition coefficient (Wildman–Crippen LogP) is 3.29. The van der Waals surface area contributed by atoms with Gasteiger partial charge in [-0.25, -0.2) is 9.97 Å². The minimum atomic E-state index is 0.390. The maximum Gasteiger partial charge on any atom is 0.218 e. The third-order valence-corrected chi connectivity index (χ3v) is 5.87. The minimum Gasteiger partial charge on any atom is -0.481 e. The molecule has 1 spiro atoms. The molecule has 0 aliphatic carbocycles. The normalized spacial score (nSPS) is 23.5. The Balaban J connectivity index is 1.43. The van der Waals surface area contributed by atoms with Gasteiger partial charge in [-0.15, -0.1) is 0 Å². The zero-order valence-electron chi connectivity index (χ0n) is 15.8. The molecule has 1 unspecified atom stereocenters. The Morgan fingerprint density at radius 3 is 2.73 bits per heavy atom. The van der Waals surface area contributed by atoms with E-state index in [0.29, 0.717) is 11.3 Å². The lowest BCUT2D eigenvalue weighted by Gasteiger charge is -2.41. The summed E-state index contributed by atoms with van der Waals surface area (Å²) in [7, 11) is 1.66. The number of rotatable bonds is 4. The van der Waals surface area contributed by atoms with Crippen LogP contribution in [0.2, 0.25) is 0 Å². The molecule has 2 aliphatic heterocycles. The number of benzene rings is 1. The number of hydrogen-bond acceptors (Lipinski definition) is 5. The van der Waals surface area contributed by atoms with Crippen LogP contribution in [0.15, 0.2) is 36.7 Å². The van der Waals surface area contributed by atoms with Crippen LogP contribution >= 0.6 is 0 Å². The fourth-order valence-corrected chi connectivity index (χ4v) is 4.47. The second-order valence-electron chi connectivity index (χ2n) is 7.89. The highest BCUT2D eigenvalue weighted by Crippen LogP contribution is 2.40. The average molecular weight is 352 g/mol. The van der Waals surface area contributed by atoms with E-state index in [1.165, 1.54) is 43.5 Å². The molecule has 1 aromatic carbocycles. The Morgan fingerprint density at radius 1 is 1.08 bits per heavy atom. The molecule has 26 heavy (non-hydrogen) atoms. The van der Waals surface area contributed by atoms with Crippen LogP contribution in [-0.4, -0.2) is 48.2 Å². The maximum atomic E-state index is 5.27. The van der Waals surface area contributed by atoms with Crippen LogP contribution in [0, 0.1) is 12.3 Å². The van der Waals surface area contributed by atoms with Crippen molar-refractivity contribution in [2.24, 2.45) is 5.41 Å². The molecule has 0 bridgehead atoms. The van der Waals surface area contributed by atoms with Crippen molar-refractivity contribution in [2.45, 2.75) is 32.7 Å². The first-order valence-electron chi connectivity index (χ1n) is 9.55. The molecule has 2 fully saturated rings. The van der Waals surface area contributed by atoms with Crippen LogP contribution in [-0.2, 0) is 6.54 Å². The van der Waals surface area contributed by atoms with Crippen molar-refractivity contribution in [3.63, 3.8) is 0 Å². The molecular formula is C21H28N4O. The fourth-order valence-electron chi connectivity index (χ4n) is 4.47. The molecule has 1 atom stereocenters. The van der Waals surface area contributed by atoms with Crippen LogP contribution in [0.3, 0.4) is 0 Å². The molecule has 138 valence electrons. The molecule has 3 heterocycles. The molecule has 4 rings (SSSR count). The topological polar surface area (TPSA) is 41.5 Å². The number of aryl methyl sites for hydroxylation is 1. The average Bonchev–Trinajstić information content (AvgIpc) is 3.05. The van der Waals surface area contributed by atoms with Gasteiger partial charge < -0.3 is 9.64 Å². The van der Waals surface area contributed by atoms with Gasteiger partial charge in [0.05, 0.1) is 7.11 Å². The highest BCUT2D eigenvalue weighted by atomic mass is 16.5. The zero-order chi connectivity index (χ0) is 18.0. The number of anilines is 1. The van der Waals surface area contributed by atoms with E-state index in [2.05, 4.69) is 51.0 Å². The molecule has 2 saturated heterocycles. The molecular weight excluding hydrogens is 324 g/mol. The Kier molecular flexibility index (Phi) is 4.81. The zero-order valence-corrected chi connectivity index (χ0v) is 15.8. The number of methoxy groups -OCH3 is 1. The summed E-state index contributed by atoms with van der Waals surface area (Å²) >= 11 is 0. The van der Waals surface area contributed by atoms with E-state index in [-0.39, 0.29) is 0 Å². The molecule has 5 heteroatoms. The third-order valence-electron chi connectivity index (χ3n) is 5.87. The van der Waals surface area contributed by atoms with Crippen molar-refractivity contribution in [2.75, 3.05) is 38.2 Å². The second-order valence-corrected chi connectivity index (χ2v) is 7.89. The summed E-state index contributed by atoms with van der Waals surface area (Å²) in [5.74, 6) is 1.63. The smallest absolute Gasteiger partial charge is 0.218 e. The first kappa shape index (κ1) is 17.3. The predicted molar refractivity (Wildman–Crippen MR) is 104 cm³/mol. The van der Waals surface area contributed by atoms with Crippen LogP contribution < -0.4 is 9.64 Å². The summed E-state index contributed by atoms with van der Waals surface area (Å²) in [6.07, 6.45) is 5.42. The van der Waals surface area contributed by atoms with Crippen molar-refractivity contribution in [1.82, 2.24) is 14.9 Å². The van der Waals surface area contributed by atoms with Gasteiger partial charge in [0, 0.05) is 37.7 Å². The van der Waals surface area contributed by atoms with Crippen molar-refractivity contribution in [3.8, 4) is 5.88 Å². The summed E-state index contributed by atoms with van der Waals surface area (Å²) in [5.41, 5.74) is 3.14. The molecule has 2 aliphatic rings. The molecule has 5 nitrogen and oxygen atoms in total. The molecule has 0 radical (unpaired) electrons. The van der Waals surface area contributed by atoms with Crippen LogP contribution in [0.4, 0.5) is 5.82 Å². The van der Waals surface area contributed by atoms with Crippen molar-refractivity contribution in [3.05, 3.63) is 47.8 Å². The van der Waals surface area contributed by atoms with E-state index in [1.807, 2.05) is 6.07 Å². The molecule has 2 aromatic rings. The Bertz CT molecular complexity index is 748. The maximum absolute atomic E-state index is 5.27. The lowest BCUT2D eigenvalue weighted by atomic mass is 9.79. The second kappa shape index (κ2) is 7.23. The summed E-state index contributed by atoms with van der Waals surface area (Å²) in [4.78, 5) is 13.7. The van der Waals surface area contributed by atoms with E-state index < -0.39 is 0 Å². The monoisotopic (exact) mass is 352 g/mol. The van der Waals surface area contributed by atoms with E-state index in [1.54, 1.807) is 13.4 Å². The lowest BCUT2D eigenvalue weighted by Crippen LogP contribution is -2.45. The van der Waals surface area contributed by atoms with Crippen LogP contribution in [0.5, 0.6) is 5.88 Å². The van der Waals surface area contributed by atoms with E-state index >= 15 is 0 Å². The summed E-state index contributed by atoms with van der Waals surface area (Å²) in [6, 6.07) is 10.9. The van der Waals surface area contributed by atoms with Gasteiger partial charge in [-0.2, -0.15) is 0 Å². The van der Waals surface area contributed by atoms with Gasteiger partial charge in [0.15, 0.2) is 0 Å². The Labute approximate surface area is 156 Å². The van der Waals surface area contributed by atoms with E-state index in [0.717, 1.165) is 25.5 Å². The third kappa shape index (κ3) is 3.68. The number of piperidine rings is 1. The van der Waals surface area contributed by atoms with Gasteiger partial charge in [0.25, 0.3) is 0 Å². The highest BCUT2D eigenvalue weighted by Gasteiger charge is 2.41. The van der Waals surface area contributed by atoms with Gasteiger partial charge >= 0.3 is 0 Å². The Morgan fingerprint density at radius 2 is 1.92 bits per heavy atom. The standard InChI is InChI=1S/C21H28N4O/c1-17-4-6-18(7-5-17)13-24-11-9-21(14-24)8-3-10-25(15-21)19-12-20(26-2)23-16-22-19/h4-7,12,16H,3,8-11,13-15H2,1-2H3. The van der Waals surface area contributed by atoms with Gasteiger partial charge in [0.2, 0.25) is 5.88 Å². The minimum absolute atomic E-state index is 0.390. The van der Waals surface area contributed by atoms with Crippen molar-refractivity contribution < 1.29 is 4.74 Å². The number of likely N-dealkylation sites (tertiary alicyclic amines) is 1. The van der Waals surface area contributed by atoms with Crippen molar-refractivity contribution in [1.29, 1.82) is 0 Å². The largest absolute Gasteiger partial charge is 0.481 e. The molecule has 0 N–H and O–H groups in total. The number of ether oxygens (including phenoxy) is 1. The molecule has 0 saturated carbocycles. The number of hydrogen-bond donors (Lipinski definition) is 0. The van der Waals surface area contributed by atoms with Crippen molar-refractivity contribution >= 4 is 5.82 Å². The summed E-state index contributed by atoms with van der Waals surface area (Å²) in [6.45, 7) is 7.72. The number of aromatic nitrogens is 2. The van der Waals surface area contributed by atoms with Gasteiger partial charge in [-0.3, -0.25) is 4.90 Å². The van der Waals surface area contributed by atoms with Crippen LogP contribution in [0.25, 0.3) is 0 Å².